The fraction of sp³-hybridized carbons (Fsp3) is 0.462. The number of carbonyl (C=O) groups is 1. The summed E-state index contributed by atoms with van der Waals surface area (Å²) >= 11 is 5.78. The molecule has 94 valence electrons. The first-order chi connectivity index (χ1) is 8.04. The van der Waals surface area contributed by atoms with Gasteiger partial charge in [0.05, 0.1) is 11.2 Å². The average molecular weight is 257 g/mol. The van der Waals surface area contributed by atoms with Gasteiger partial charge in [0.25, 0.3) is 0 Å². The Morgan fingerprint density at radius 2 is 2.06 bits per heavy atom. The Bertz CT molecular complexity index is 386. The number of benzene rings is 1. The van der Waals surface area contributed by atoms with Crippen molar-refractivity contribution in [3.63, 3.8) is 0 Å². The zero-order valence-electron chi connectivity index (χ0n) is 10.1. The van der Waals surface area contributed by atoms with Crippen LogP contribution in [0.5, 0.6) is 5.75 Å². The second-order valence-electron chi connectivity index (χ2n) is 4.02. The van der Waals surface area contributed by atoms with E-state index in [4.69, 9.17) is 16.3 Å². The lowest BCUT2D eigenvalue weighted by molar-refractivity contribution is -0.0115. The van der Waals surface area contributed by atoms with E-state index in [1.807, 2.05) is 13.8 Å². The highest BCUT2D eigenvalue weighted by atomic mass is 35.5. The Balaban J connectivity index is 2.78. The Morgan fingerprint density at radius 3 is 2.59 bits per heavy atom. The van der Waals surface area contributed by atoms with Gasteiger partial charge in [-0.05, 0) is 31.0 Å². The number of carbonyl (C=O) groups excluding carboxylic acids is 1. The zero-order valence-corrected chi connectivity index (χ0v) is 10.8. The van der Waals surface area contributed by atoms with Gasteiger partial charge in [-0.3, -0.25) is 4.79 Å². The molecule has 3 nitrogen and oxygen atoms in total. The Morgan fingerprint density at radius 1 is 1.41 bits per heavy atom. The molecule has 0 unspecified atom stereocenters. The monoisotopic (exact) mass is 256 g/mol. The smallest absolute Gasteiger partial charge is 0.153 e. The largest absolute Gasteiger partial charge is 0.490 e. The number of aldehydes is 1. The van der Waals surface area contributed by atoms with Crippen molar-refractivity contribution >= 4 is 17.9 Å². The van der Waals surface area contributed by atoms with Gasteiger partial charge in [-0.25, -0.2) is 0 Å². The Labute approximate surface area is 106 Å². The van der Waals surface area contributed by atoms with Crippen LogP contribution in [0.25, 0.3) is 0 Å². The molecule has 1 aromatic rings. The van der Waals surface area contributed by atoms with Crippen molar-refractivity contribution in [3.05, 3.63) is 28.8 Å². The fourth-order valence-electron chi connectivity index (χ4n) is 1.41. The van der Waals surface area contributed by atoms with Crippen molar-refractivity contribution in [1.82, 2.24) is 0 Å². The van der Waals surface area contributed by atoms with Crippen LogP contribution in [0.4, 0.5) is 0 Å². The summed E-state index contributed by atoms with van der Waals surface area (Å²) in [5, 5.41) is 10.6. The zero-order chi connectivity index (χ0) is 12.9. The first kappa shape index (κ1) is 14.0. The maximum atomic E-state index is 10.8. The molecule has 1 rings (SSSR count). The molecule has 0 amide bonds. The molecule has 0 aliphatic heterocycles. The van der Waals surface area contributed by atoms with Crippen molar-refractivity contribution in [3.8, 4) is 5.75 Å². The van der Waals surface area contributed by atoms with Crippen LogP contribution in [0, 0.1) is 0 Å². The topological polar surface area (TPSA) is 46.5 Å². The summed E-state index contributed by atoms with van der Waals surface area (Å²) < 4.78 is 5.49. The molecular formula is C13H17ClO3. The van der Waals surface area contributed by atoms with Gasteiger partial charge >= 0.3 is 0 Å². The molecule has 1 N–H and O–H groups in total. The minimum atomic E-state index is -0.847. The molecule has 0 saturated heterocycles. The first-order valence-electron chi connectivity index (χ1n) is 5.64. The van der Waals surface area contributed by atoms with E-state index in [-0.39, 0.29) is 6.61 Å². The second kappa shape index (κ2) is 6.03. The van der Waals surface area contributed by atoms with Crippen molar-refractivity contribution in [2.75, 3.05) is 6.61 Å². The predicted molar refractivity (Wildman–Crippen MR) is 67.9 cm³/mol. The first-order valence-corrected chi connectivity index (χ1v) is 6.02. The number of hydrogen-bond donors (Lipinski definition) is 1. The van der Waals surface area contributed by atoms with Gasteiger partial charge in [0, 0.05) is 5.02 Å². The third-order valence-corrected chi connectivity index (χ3v) is 3.15. The highest BCUT2D eigenvalue weighted by molar-refractivity contribution is 6.30. The molecule has 0 radical (unpaired) electrons. The normalized spacial score (nSPS) is 11.3. The molecule has 0 aliphatic carbocycles. The maximum absolute atomic E-state index is 10.8. The minimum Gasteiger partial charge on any atom is -0.490 e. The third kappa shape index (κ3) is 3.72. The standard InChI is InChI=1S/C13H17ClO3/c1-3-13(16,4-2)9-17-12-6-5-11(14)7-10(12)8-15/h5-8,16H,3-4,9H2,1-2H3. The summed E-state index contributed by atoms with van der Waals surface area (Å²) in [7, 11) is 0. The van der Waals surface area contributed by atoms with Crippen LogP contribution in [-0.2, 0) is 0 Å². The molecule has 17 heavy (non-hydrogen) atoms. The lowest BCUT2D eigenvalue weighted by Gasteiger charge is -2.25. The number of halogens is 1. The van der Waals surface area contributed by atoms with E-state index >= 15 is 0 Å². The van der Waals surface area contributed by atoms with Gasteiger partial charge in [-0.2, -0.15) is 0 Å². The summed E-state index contributed by atoms with van der Waals surface area (Å²) in [4.78, 5) is 10.8. The molecule has 0 fully saturated rings. The van der Waals surface area contributed by atoms with Gasteiger partial charge < -0.3 is 9.84 Å². The third-order valence-electron chi connectivity index (χ3n) is 2.91. The Kier molecular flexibility index (Phi) is 4.97. The van der Waals surface area contributed by atoms with Crippen molar-refractivity contribution < 1.29 is 14.6 Å². The average Bonchev–Trinajstić information content (AvgIpc) is 2.36. The van der Waals surface area contributed by atoms with Crippen molar-refractivity contribution in [1.29, 1.82) is 0 Å². The second-order valence-corrected chi connectivity index (χ2v) is 4.46. The molecule has 0 aromatic heterocycles. The summed E-state index contributed by atoms with van der Waals surface area (Å²) in [6, 6.07) is 4.83. The van der Waals surface area contributed by atoms with E-state index in [9.17, 15) is 9.90 Å². The van der Waals surface area contributed by atoms with Crippen LogP contribution in [0.3, 0.4) is 0 Å². The SMILES string of the molecule is CCC(O)(CC)COc1ccc(Cl)cc1C=O. The summed E-state index contributed by atoms with van der Waals surface area (Å²) in [5.41, 5.74) is -0.452. The summed E-state index contributed by atoms with van der Waals surface area (Å²) in [6.45, 7) is 3.97. The quantitative estimate of drug-likeness (QED) is 0.796. The molecule has 0 saturated carbocycles. The van der Waals surface area contributed by atoms with Gasteiger partial charge in [-0.1, -0.05) is 25.4 Å². The van der Waals surface area contributed by atoms with E-state index in [2.05, 4.69) is 0 Å². The molecule has 0 heterocycles. The lowest BCUT2D eigenvalue weighted by atomic mass is 9.99. The molecule has 0 atom stereocenters. The highest BCUT2D eigenvalue weighted by Gasteiger charge is 2.23. The molecule has 0 spiro atoms. The van der Waals surface area contributed by atoms with Crippen LogP contribution in [0.2, 0.25) is 5.02 Å². The van der Waals surface area contributed by atoms with Crippen LogP contribution in [0.1, 0.15) is 37.0 Å². The minimum absolute atomic E-state index is 0.169. The van der Waals surface area contributed by atoms with Crippen molar-refractivity contribution in [2.24, 2.45) is 0 Å². The molecule has 1 aromatic carbocycles. The maximum Gasteiger partial charge on any atom is 0.153 e. The van der Waals surface area contributed by atoms with Crippen LogP contribution in [0.15, 0.2) is 18.2 Å². The fourth-order valence-corrected chi connectivity index (χ4v) is 1.59. The van der Waals surface area contributed by atoms with E-state index in [0.717, 1.165) is 0 Å². The van der Waals surface area contributed by atoms with E-state index in [1.165, 1.54) is 0 Å². The summed E-state index contributed by atoms with van der Waals surface area (Å²) in [6.07, 6.45) is 1.90. The number of aliphatic hydroxyl groups is 1. The van der Waals surface area contributed by atoms with Gasteiger partial charge in [0.15, 0.2) is 6.29 Å². The number of ether oxygens (including phenoxy) is 1. The van der Waals surface area contributed by atoms with Crippen LogP contribution < -0.4 is 4.74 Å². The van der Waals surface area contributed by atoms with E-state index in [0.29, 0.717) is 35.5 Å². The highest BCUT2D eigenvalue weighted by Crippen LogP contribution is 2.23. The molecule has 0 aliphatic rings. The molecule has 0 bridgehead atoms. The predicted octanol–water partition coefficient (Wildman–Crippen LogP) is 3.08. The Hall–Kier alpha value is -1.06. The molecule has 4 heteroatoms. The van der Waals surface area contributed by atoms with E-state index in [1.54, 1.807) is 18.2 Å². The van der Waals surface area contributed by atoms with Crippen LogP contribution in [-0.4, -0.2) is 23.6 Å². The summed E-state index contributed by atoms with van der Waals surface area (Å²) in [5.74, 6) is 0.449. The number of rotatable bonds is 6. The molecular weight excluding hydrogens is 240 g/mol. The number of hydrogen-bond acceptors (Lipinski definition) is 3. The van der Waals surface area contributed by atoms with Crippen LogP contribution >= 0.6 is 11.6 Å². The van der Waals surface area contributed by atoms with Gasteiger partial charge in [0.2, 0.25) is 0 Å². The van der Waals surface area contributed by atoms with Crippen molar-refractivity contribution in [2.45, 2.75) is 32.3 Å². The lowest BCUT2D eigenvalue weighted by Crippen LogP contribution is -2.34. The van der Waals surface area contributed by atoms with E-state index < -0.39 is 5.60 Å². The van der Waals surface area contributed by atoms with Gasteiger partial charge in [-0.15, -0.1) is 0 Å². The van der Waals surface area contributed by atoms with Gasteiger partial charge in [0.1, 0.15) is 12.4 Å².